The van der Waals surface area contributed by atoms with Gasteiger partial charge in [-0.05, 0) is 30.5 Å². The predicted molar refractivity (Wildman–Crippen MR) is 68.9 cm³/mol. The number of hydrogen-bond acceptors (Lipinski definition) is 3. The lowest BCUT2D eigenvalue weighted by Crippen LogP contribution is -2.31. The number of amides is 1. The summed E-state index contributed by atoms with van der Waals surface area (Å²) < 4.78 is 5.06. The number of carboxylic acid groups (broad SMARTS) is 1. The standard InChI is InChI=1S/C14H17NO4/c1-19-11-6-4-9(5-7-11)12(8-13(16)17)15-14(18)10-2-3-10/h4-7,10,12H,2-3,8H2,1H3,(H,15,18)(H,16,17)/t12-/m1/s1. The number of methoxy groups -OCH3 is 1. The van der Waals surface area contributed by atoms with Crippen LogP contribution >= 0.6 is 0 Å². The van der Waals surface area contributed by atoms with Gasteiger partial charge in [-0.2, -0.15) is 0 Å². The second kappa shape index (κ2) is 5.73. The van der Waals surface area contributed by atoms with Crippen LogP contribution in [0.15, 0.2) is 24.3 Å². The van der Waals surface area contributed by atoms with E-state index in [1.54, 1.807) is 31.4 Å². The number of hydrogen-bond donors (Lipinski definition) is 2. The van der Waals surface area contributed by atoms with Gasteiger partial charge in [0.05, 0.1) is 19.6 Å². The van der Waals surface area contributed by atoms with Crippen LogP contribution < -0.4 is 10.1 Å². The Morgan fingerprint density at radius 1 is 1.37 bits per heavy atom. The number of aliphatic carboxylic acids is 1. The van der Waals surface area contributed by atoms with Crippen molar-refractivity contribution in [1.29, 1.82) is 0 Å². The number of benzene rings is 1. The van der Waals surface area contributed by atoms with E-state index in [0.29, 0.717) is 5.75 Å². The van der Waals surface area contributed by atoms with Crippen LogP contribution in [0.1, 0.15) is 30.9 Å². The normalized spacial score (nSPS) is 15.6. The Bertz CT molecular complexity index is 465. The Hall–Kier alpha value is -2.04. The predicted octanol–water partition coefficient (Wildman–Crippen LogP) is 1.74. The minimum atomic E-state index is -0.933. The van der Waals surface area contributed by atoms with Crippen LogP contribution in [-0.2, 0) is 9.59 Å². The largest absolute Gasteiger partial charge is 0.497 e. The Kier molecular flexibility index (Phi) is 4.04. The Morgan fingerprint density at radius 3 is 2.47 bits per heavy atom. The molecule has 5 nitrogen and oxygen atoms in total. The van der Waals surface area contributed by atoms with Crippen LogP contribution in [0, 0.1) is 5.92 Å². The van der Waals surface area contributed by atoms with Crippen molar-refractivity contribution in [2.75, 3.05) is 7.11 Å². The summed E-state index contributed by atoms with van der Waals surface area (Å²) in [4.78, 5) is 22.7. The summed E-state index contributed by atoms with van der Waals surface area (Å²) in [5, 5.41) is 11.7. The number of carbonyl (C=O) groups excluding carboxylic acids is 1. The molecule has 5 heteroatoms. The fourth-order valence-electron chi connectivity index (χ4n) is 1.90. The molecule has 2 rings (SSSR count). The van der Waals surface area contributed by atoms with Crippen molar-refractivity contribution < 1.29 is 19.4 Å². The fraction of sp³-hybridized carbons (Fsp3) is 0.429. The van der Waals surface area contributed by atoms with E-state index in [0.717, 1.165) is 18.4 Å². The van der Waals surface area contributed by atoms with E-state index in [1.165, 1.54) is 0 Å². The number of rotatable bonds is 6. The van der Waals surface area contributed by atoms with E-state index in [1.807, 2.05) is 0 Å². The second-order valence-corrected chi connectivity index (χ2v) is 4.71. The molecule has 1 saturated carbocycles. The molecular weight excluding hydrogens is 246 g/mol. The Labute approximate surface area is 111 Å². The Morgan fingerprint density at radius 2 is 2.00 bits per heavy atom. The third-order valence-electron chi connectivity index (χ3n) is 3.16. The van der Waals surface area contributed by atoms with Gasteiger partial charge in [0.25, 0.3) is 0 Å². The zero-order valence-corrected chi connectivity index (χ0v) is 10.8. The zero-order chi connectivity index (χ0) is 13.8. The minimum absolute atomic E-state index is 0.0536. The van der Waals surface area contributed by atoms with Gasteiger partial charge in [-0.3, -0.25) is 9.59 Å². The van der Waals surface area contributed by atoms with Crippen molar-refractivity contribution in [2.24, 2.45) is 5.92 Å². The maximum atomic E-state index is 11.8. The molecule has 0 aliphatic heterocycles. The molecule has 0 unspecified atom stereocenters. The molecule has 0 spiro atoms. The summed E-state index contributed by atoms with van der Waals surface area (Å²) in [5.41, 5.74) is 0.775. The lowest BCUT2D eigenvalue weighted by molar-refractivity contribution is -0.137. The third-order valence-corrected chi connectivity index (χ3v) is 3.16. The summed E-state index contributed by atoms with van der Waals surface area (Å²) in [5.74, 6) is -0.222. The summed E-state index contributed by atoms with van der Waals surface area (Å²) in [6.07, 6.45) is 1.67. The fourth-order valence-corrected chi connectivity index (χ4v) is 1.90. The SMILES string of the molecule is COc1ccc([C@@H](CC(=O)O)NC(=O)C2CC2)cc1. The molecule has 102 valence electrons. The van der Waals surface area contributed by atoms with Gasteiger partial charge in [-0.15, -0.1) is 0 Å². The van der Waals surface area contributed by atoms with Crippen LogP contribution in [0.25, 0.3) is 0 Å². The van der Waals surface area contributed by atoms with E-state index in [2.05, 4.69) is 5.32 Å². The first-order chi connectivity index (χ1) is 9.10. The maximum Gasteiger partial charge on any atom is 0.305 e. The molecule has 1 atom stereocenters. The molecule has 19 heavy (non-hydrogen) atoms. The van der Waals surface area contributed by atoms with Crippen LogP contribution in [0.3, 0.4) is 0 Å². The van der Waals surface area contributed by atoms with Crippen molar-refractivity contribution in [3.05, 3.63) is 29.8 Å². The van der Waals surface area contributed by atoms with Gasteiger partial charge in [0.1, 0.15) is 5.75 Å². The summed E-state index contributed by atoms with van der Waals surface area (Å²) >= 11 is 0. The molecule has 1 aliphatic carbocycles. The first-order valence-electron chi connectivity index (χ1n) is 6.26. The molecule has 0 saturated heterocycles. The van der Waals surface area contributed by atoms with Crippen LogP contribution in [0.5, 0.6) is 5.75 Å². The second-order valence-electron chi connectivity index (χ2n) is 4.71. The molecule has 1 aliphatic rings. The van der Waals surface area contributed by atoms with Crippen molar-refractivity contribution in [2.45, 2.75) is 25.3 Å². The highest BCUT2D eigenvalue weighted by molar-refractivity contribution is 5.82. The molecule has 0 heterocycles. The highest BCUT2D eigenvalue weighted by atomic mass is 16.5. The topological polar surface area (TPSA) is 75.6 Å². The van der Waals surface area contributed by atoms with Gasteiger partial charge >= 0.3 is 5.97 Å². The average molecular weight is 263 g/mol. The van der Waals surface area contributed by atoms with Crippen molar-refractivity contribution in [3.8, 4) is 5.75 Å². The smallest absolute Gasteiger partial charge is 0.305 e. The number of nitrogens with one attached hydrogen (secondary N) is 1. The molecular formula is C14H17NO4. The van der Waals surface area contributed by atoms with Crippen molar-refractivity contribution in [1.82, 2.24) is 5.32 Å². The molecule has 1 amide bonds. The first-order valence-corrected chi connectivity index (χ1v) is 6.26. The van der Waals surface area contributed by atoms with Gasteiger partial charge in [-0.1, -0.05) is 12.1 Å². The molecule has 1 fully saturated rings. The Balaban J connectivity index is 2.10. The zero-order valence-electron chi connectivity index (χ0n) is 10.8. The number of carbonyl (C=O) groups is 2. The molecule has 0 aromatic heterocycles. The molecule has 0 bridgehead atoms. The lowest BCUT2D eigenvalue weighted by atomic mass is 10.0. The summed E-state index contributed by atoms with van der Waals surface area (Å²) in [6.45, 7) is 0. The first kappa shape index (κ1) is 13.4. The van der Waals surface area contributed by atoms with E-state index in [9.17, 15) is 9.59 Å². The van der Waals surface area contributed by atoms with E-state index >= 15 is 0 Å². The third kappa shape index (κ3) is 3.71. The molecule has 1 aromatic carbocycles. The van der Waals surface area contributed by atoms with Gasteiger partial charge in [0.2, 0.25) is 5.91 Å². The van der Waals surface area contributed by atoms with E-state index < -0.39 is 12.0 Å². The molecule has 1 aromatic rings. The summed E-state index contributed by atoms with van der Waals surface area (Å²) in [6, 6.07) is 6.58. The van der Waals surface area contributed by atoms with Crippen molar-refractivity contribution >= 4 is 11.9 Å². The van der Waals surface area contributed by atoms with E-state index in [4.69, 9.17) is 9.84 Å². The molecule has 0 radical (unpaired) electrons. The number of ether oxygens (including phenoxy) is 1. The van der Waals surface area contributed by atoms with Crippen LogP contribution in [0.2, 0.25) is 0 Å². The van der Waals surface area contributed by atoms with Gasteiger partial charge in [0, 0.05) is 5.92 Å². The van der Waals surface area contributed by atoms with Crippen molar-refractivity contribution in [3.63, 3.8) is 0 Å². The summed E-state index contributed by atoms with van der Waals surface area (Å²) in [7, 11) is 1.57. The monoisotopic (exact) mass is 263 g/mol. The van der Waals surface area contributed by atoms with Gasteiger partial charge < -0.3 is 15.2 Å². The maximum absolute atomic E-state index is 11.8. The quantitative estimate of drug-likeness (QED) is 0.819. The van der Waals surface area contributed by atoms with E-state index in [-0.39, 0.29) is 18.2 Å². The van der Waals surface area contributed by atoms with Crippen LogP contribution in [-0.4, -0.2) is 24.1 Å². The van der Waals surface area contributed by atoms with Crippen LogP contribution in [0.4, 0.5) is 0 Å². The highest BCUT2D eigenvalue weighted by Gasteiger charge is 2.31. The van der Waals surface area contributed by atoms with Gasteiger partial charge in [-0.25, -0.2) is 0 Å². The molecule has 2 N–H and O–H groups in total. The van der Waals surface area contributed by atoms with Gasteiger partial charge in [0.15, 0.2) is 0 Å². The minimum Gasteiger partial charge on any atom is -0.497 e. The average Bonchev–Trinajstić information content (AvgIpc) is 3.22. The number of carboxylic acids is 1. The lowest BCUT2D eigenvalue weighted by Gasteiger charge is -2.17. The highest BCUT2D eigenvalue weighted by Crippen LogP contribution is 2.30.